The molecule has 0 aliphatic rings. The number of amides is 1. The number of hydrogen-bond donors (Lipinski definition) is 1. The van der Waals surface area contributed by atoms with Gasteiger partial charge >= 0.3 is 0 Å². The molecule has 0 saturated carbocycles. The largest absolute Gasteiger partial charge is 0.461 e. The van der Waals surface area contributed by atoms with Crippen molar-refractivity contribution in [3.8, 4) is 17.7 Å². The first-order valence-corrected chi connectivity index (χ1v) is 10.5. The zero-order chi connectivity index (χ0) is 21.6. The van der Waals surface area contributed by atoms with Crippen LogP contribution < -0.4 is 5.32 Å². The Morgan fingerprint density at radius 2 is 2.00 bits per heavy atom. The van der Waals surface area contributed by atoms with E-state index in [2.05, 4.69) is 21.6 Å². The molecular formula is C23H19N5O2S. The molecule has 1 unspecified atom stereocenters. The number of hydrogen-bond acceptors (Lipinski definition) is 6. The first kappa shape index (κ1) is 20.4. The predicted molar refractivity (Wildman–Crippen MR) is 118 cm³/mol. The second-order valence-corrected chi connectivity index (χ2v) is 8.11. The zero-order valence-electron chi connectivity index (χ0n) is 16.7. The Kier molecular flexibility index (Phi) is 6.15. The van der Waals surface area contributed by atoms with Gasteiger partial charge in [-0.05, 0) is 42.8 Å². The topological polar surface area (TPSA) is 96.7 Å². The second-order valence-electron chi connectivity index (χ2n) is 6.80. The Balaban J connectivity index is 1.55. The smallest absolute Gasteiger partial charge is 0.237 e. The van der Waals surface area contributed by atoms with Crippen molar-refractivity contribution in [3.05, 3.63) is 84.1 Å². The van der Waals surface area contributed by atoms with Crippen LogP contribution in [-0.2, 0) is 11.3 Å². The standard InChI is InChI=1S/C23H19N5O2S/c1-16(22(29)25-19-10-5-9-18(13-19)14-24)31-23-27-26-21(20-11-6-12-30-20)28(23)15-17-7-3-2-4-8-17/h2-13,16H,15H2,1H3,(H,25,29). The van der Waals surface area contributed by atoms with Crippen molar-refractivity contribution >= 4 is 23.4 Å². The maximum absolute atomic E-state index is 12.7. The summed E-state index contributed by atoms with van der Waals surface area (Å²) < 4.78 is 7.47. The molecule has 1 atom stereocenters. The van der Waals surface area contributed by atoms with Crippen LogP contribution in [0.1, 0.15) is 18.1 Å². The summed E-state index contributed by atoms with van der Waals surface area (Å²) in [4.78, 5) is 12.7. The van der Waals surface area contributed by atoms with Gasteiger partial charge in [-0.15, -0.1) is 10.2 Å². The average molecular weight is 430 g/mol. The lowest BCUT2D eigenvalue weighted by molar-refractivity contribution is -0.115. The molecule has 154 valence electrons. The van der Waals surface area contributed by atoms with Crippen molar-refractivity contribution in [3.63, 3.8) is 0 Å². The normalized spacial score (nSPS) is 11.6. The Morgan fingerprint density at radius 1 is 1.16 bits per heavy atom. The summed E-state index contributed by atoms with van der Waals surface area (Å²) >= 11 is 1.32. The van der Waals surface area contributed by atoms with Crippen LogP contribution in [0.3, 0.4) is 0 Å². The minimum absolute atomic E-state index is 0.186. The Morgan fingerprint density at radius 3 is 2.74 bits per heavy atom. The van der Waals surface area contributed by atoms with Crippen molar-refractivity contribution in [2.75, 3.05) is 5.32 Å². The number of benzene rings is 2. The van der Waals surface area contributed by atoms with Gasteiger partial charge in [-0.1, -0.05) is 48.2 Å². The van der Waals surface area contributed by atoms with E-state index >= 15 is 0 Å². The molecule has 31 heavy (non-hydrogen) atoms. The van der Waals surface area contributed by atoms with Gasteiger partial charge in [0.1, 0.15) is 0 Å². The minimum atomic E-state index is -0.436. The maximum Gasteiger partial charge on any atom is 0.237 e. The van der Waals surface area contributed by atoms with Crippen LogP contribution in [0, 0.1) is 11.3 Å². The van der Waals surface area contributed by atoms with E-state index in [0.717, 1.165) is 5.56 Å². The fraction of sp³-hybridized carbons (Fsp3) is 0.130. The van der Waals surface area contributed by atoms with E-state index in [4.69, 9.17) is 9.68 Å². The molecule has 4 aromatic rings. The number of rotatable bonds is 7. The van der Waals surface area contributed by atoms with Crippen molar-refractivity contribution < 1.29 is 9.21 Å². The molecule has 0 aliphatic carbocycles. The SMILES string of the molecule is CC(Sc1nnc(-c2ccco2)n1Cc1ccccc1)C(=O)Nc1cccc(C#N)c1. The molecule has 1 N–H and O–H groups in total. The van der Waals surface area contributed by atoms with Crippen LogP contribution in [0.4, 0.5) is 5.69 Å². The number of nitrogens with one attached hydrogen (secondary N) is 1. The number of aromatic nitrogens is 3. The lowest BCUT2D eigenvalue weighted by Gasteiger charge is -2.13. The molecule has 0 bridgehead atoms. The van der Waals surface area contributed by atoms with E-state index in [9.17, 15) is 4.79 Å². The van der Waals surface area contributed by atoms with Gasteiger partial charge in [-0.25, -0.2) is 0 Å². The quantitative estimate of drug-likeness (QED) is 0.432. The summed E-state index contributed by atoms with van der Waals surface area (Å²) in [5, 5.41) is 20.7. The van der Waals surface area contributed by atoms with Gasteiger partial charge in [-0.3, -0.25) is 9.36 Å². The number of carbonyl (C=O) groups excluding carboxylic acids is 1. The number of anilines is 1. The highest BCUT2D eigenvalue weighted by atomic mass is 32.2. The number of furan rings is 1. The van der Waals surface area contributed by atoms with Crippen molar-refractivity contribution in [2.45, 2.75) is 23.9 Å². The fourth-order valence-electron chi connectivity index (χ4n) is 2.99. The Bertz CT molecular complexity index is 1210. The second kappa shape index (κ2) is 9.32. The number of nitrogens with zero attached hydrogens (tertiary/aromatic N) is 4. The van der Waals surface area contributed by atoms with Crippen molar-refractivity contribution in [1.29, 1.82) is 5.26 Å². The highest BCUT2D eigenvalue weighted by molar-refractivity contribution is 8.00. The summed E-state index contributed by atoms with van der Waals surface area (Å²) in [6, 6.07) is 22.5. The Hall–Kier alpha value is -3.83. The van der Waals surface area contributed by atoms with Gasteiger partial charge in [0, 0.05) is 5.69 Å². The highest BCUT2D eigenvalue weighted by Gasteiger charge is 2.22. The highest BCUT2D eigenvalue weighted by Crippen LogP contribution is 2.28. The summed E-state index contributed by atoms with van der Waals surface area (Å²) in [5.74, 6) is 1.03. The first-order valence-electron chi connectivity index (χ1n) is 9.63. The molecule has 0 fully saturated rings. The maximum atomic E-state index is 12.7. The molecule has 2 aromatic carbocycles. The molecule has 8 heteroatoms. The van der Waals surface area contributed by atoms with Crippen LogP contribution in [0.25, 0.3) is 11.6 Å². The lowest BCUT2D eigenvalue weighted by atomic mass is 10.2. The van der Waals surface area contributed by atoms with Crippen LogP contribution in [-0.4, -0.2) is 25.9 Å². The van der Waals surface area contributed by atoms with Gasteiger partial charge in [0.05, 0.1) is 29.7 Å². The van der Waals surface area contributed by atoms with Crippen molar-refractivity contribution in [2.24, 2.45) is 0 Å². The molecule has 0 aliphatic heterocycles. The number of thioether (sulfide) groups is 1. The summed E-state index contributed by atoms with van der Waals surface area (Å²) in [7, 11) is 0. The van der Waals surface area contributed by atoms with Gasteiger partial charge in [0.15, 0.2) is 10.9 Å². The third-order valence-electron chi connectivity index (χ3n) is 4.55. The van der Waals surface area contributed by atoms with Gasteiger partial charge in [0.2, 0.25) is 11.7 Å². The van der Waals surface area contributed by atoms with Crippen LogP contribution >= 0.6 is 11.8 Å². The predicted octanol–water partition coefficient (Wildman–Crippen LogP) is 4.58. The van der Waals surface area contributed by atoms with Gasteiger partial charge in [0.25, 0.3) is 0 Å². The zero-order valence-corrected chi connectivity index (χ0v) is 17.5. The van der Waals surface area contributed by atoms with Crippen LogP contribution in [0.15, 0.2) is 82.6 Å². The number of carbonyl (C=O) groups is 1. The molecule has 1 amide bonds. The van der Waals surface area contributed by atoms with E-state index in [0.29, 0.717) is 34.5 Å². The summed E-state index contributed by atoms with van der Waals surface area (Å²) in [6.45, 7) is 2.35. The summed E-state index contributed by atoms with van der Waals surface area (Å²) in [5.41, 5.74) is 2.16. The van der Waals surface area contributed by atoms with Crippen molar-refractivity contribution in [1.82, 2.24) is 14.8 Å². The lowest BCUT2D eigenvalue weighted by Crippen LogP contribution is -2.23. The Labute approximate surface area is 183 Å². The first-order chi connectivity index (χ1) is 15.1. The van der Waals surface area contributed by atoms with Gasteiger partial charge < -0.3 is 9.73 Å². The van der Waals surface area contributed by atoms with E-state index < -0.39 is 5.25 Å². The van der Waals surface area contributed by atoms with E-state index in [-0.39, 0.29) is 5.91 Å². The minimum Gasteiger partial charge on any atom is -0.461 e. The van der Waals surface area contributed by atoms with E-state index in [1.54, 1.807) is 36.6 Å². The van der Waals surface area contributed by atoms with E-state index in [1.165, 1.54) is 11.8 Å². The molecule has 0 saturated heterocycles. The average Bonchev–Trinajstić information content (AvgIpc) is 3.45. The van der Waals surface area contributed by atoms with Crippen LogP contribution in [0.2, 0.25) is 0 Å². The molecular weight excluding hydrogens is 410 g/mol. The fourth-order valence-corrected chi connectivity index (χ4v) is 3.84. The van der Waals surface area contributed by atoms with E-state index in [1.807, 2.05) is 47.9 Å². The van der Waals surface area contributed by atoms with Gasteiger partial charge in [-0.2, -0.15) is 5.26 Å². The monoisotopic (exact) mass is 429 g/mol. The summed E-state index contributed by atoms with van der Waals surface area (Å²) in [6.07, 6.45) is 1.59. The number of nitriles is 1. The third kappa shape index (κ3) is 4.85. The molecule has 7 nitrogen and oxygen atoms in total. The molecule has 0 spiro atoms. The molecule has 2 aromatic heterocycles. The molecule has 0 radical (unpaired) electrons. The molecule has 4 rings (SSSR count). The molecule has 2 heterocycles. The van der Waals surface area contributed by atoms with Crippen LogP contribution in [0.5, 0.6) is 0 Å². The third-order valence-corrected chi connectivity index (χ3v) is 5.63.